The monoisotopic (exact) mass is 329 g/mol. The van der Waals surface area contributed by atoms with E-state index < -0.39 is 5.91 Å². The fraction of sp³-hybridized carbons (Fsp3) is 0.118. The van der Waals surface area contributed by atoms with E-state index in [1.807, 2.05) is 47.5 Å². The number of nitrogens with two attached hydrogens (primary N) is 1. The topological polar surface area (TPSA) is 67.6 Å². The molecule has 1 amide bonds. The number of carbonyl (C=O) groups excluding carboxylic acids is 1. The van der Waals surface area contributed by atoms with Gasteiger partial charge in [-0.05, 0) is 35.9 Å². The number of hydrogen-bond donors (Lipinski definition) is 2. The van der Waals surface area contributed by atoms with Crippen LogP contribution in [0.25, 0.3) is 0 Å². The van der Waals surface area contributed by atoms with Gasteiger partial charge in [-0.1, -0.05) is 29.8 Å². The van der Waals surface area contributed by atoms with Crippen LogP contribution in [0.5, 0.6) is 0 Å². The fourth-order valence-corrected chi connectivity index (χ4v) is 2.84. The second-order valence-electron chi connectivity index (χ2n) is 5.10. The predicted octanol–water partition coefficient (Wildman–Crippen LogP) is 3.30. The molecular weight excluding hydrogens is 314 g/mol. The molecule has 23 heavy (non-hydrogen) atoms. The zero-order chi connectivity index (χ0) is 16.4. The summed E-state index contributed by atoms with van der Waals surface area (Å²) >= 11 is 6.03. The highest BCUT2D eigenvalue weighted by molar-refractivity contribution is 6.33. The predicted molar refractivity (Wildman–Crippen MR) is 90.6 cm³/mol. The zero-order valence-electron chi connectivity index (χ0n) is 12.5. The van der Waals surface area contributed by atoms with E-state index in [9.17, 15) is 4.79 Å². The maximum Gasteiger partial charge on any atom is 0.250 e. The number of benzene rings is 2. The van der Waals surface area contributed by atoms with Gasteiger partial charge in [-0.2, -0.15) is 5.48 Å². The van der Waals surface area contributed by atoms with Gasteiger partial charge in [0.25, 0.3) is 0 Å². The van der Waals surface area contributed by atoms with Crippen molar-refractivity contribution in [2.24, 2.45) is 5.73 Å². The van der Waals surface area contributed by atoms with Crippen molar-refractivity contribution in [3.8, 4) is 0 Å². The van der Waals surface area contributed by atoms with Crippen LogP contribution < -0.4 is 16.1 Å². The van der Waals surface area contributed by atoms with Gasteiger partial charge in [-0.15, -0.1) is 0 Å². The highest BCUT2D eigenvalue weighted by Gasteiger charge is 2.22. The minimum atomic E-state index is -0.551. The first-order chi connectivity index (χ1) is 11.1. The number of primary amides is 1. The van der Waals surface area contributed by atoms with Gasteiger partial charge in [0.15, 0.2) is 0 Å². The van der Waals surface area contributed by atoms with Gasteiger partial charge >= 0.3 is 0 Å². The summed E-state index contributed by atoms with van der Waals surface area (Å²) < 4.78 is 0. The van der Waals surface area contributed by atoms with Gasteiger partial charge in [0, 0.05) is 11.9 Å². The van der Waals surface area contributed by atoms with Crippen LogP contribution in [-0.2, 0) is 4.84 Å². The van der Waals surface area contributed by atoms with Crippen molar-refractivity contribution in [3.63, 3.8) is 0 Å². The maximum atomic E-state index is 11.5. The highest BCUT2D eigenvalue weighted by Crippen LogP contribution is 2.37. The van der Waals surface area contributed by atoms with Crippen molar-refractivity contribution in [1.29, 1.82) is 0 Å². The molecule has 2 aromatic rings. The summed E-state index contributed by atoms with van der Waals surface area (Å²) in [5, 5.41) is 0.342. The van der Waals surface area contributed by atoms with Gasteiger partial charge in [-0.25, -0.2) is 0 Å². The van der Waals surface area contributed by atoms with Crippen molar-refractivity contribution >= 4 is 28.9 Å². The van der Waals surface area contributed by atoms with Crippen molar-refractivity contribution in [3.05, 3.63) is 70.9 Å². The minimum absolute atomic E-state index is 0.0460. The molecule has 0 saturated heterocycles. The lowest BCUT2D eigenvalue weighted by molar-refractivity contribution is 0.0734. The number of nitrogens with one attached hydrogen (secondary N) is 1. The highest BCUT2D eigenvalue weighted by atomic mass is 35.5. The molecule has 118 valence electrons. The van der Waals surface area contributed by atoms with Crippen LogP contribution in [0.2, 0.25) is 5.02 Å². The molecule has 6 heteroatoms. The largest absolute Gasteiger partial charge is 0.366 e. The van der Waals surface area contributed by atoms with Crippen molar-refractivity contribution in [2.45, 2.75) is 6.04 Å². The molecule has 3 N–H and O–H groups in total. The Morgan fingerprint density at radius 3 is 2.83 bits per heavy atom. The Morgan fingerprint density at radius 1 is 1.30 bits per heavy atom. The Morgan fingerprint density at radius 2 is 2.09 bits per heavy atom. The van der Waals surface area contributed by atoms with Gasteiger partial charge in [0.1, 0.15) is 0 Å². The van der Waals surface area contributed by atoms with Crippen LogP contribution in [-0.4, -0.2) is 13.0 Å². The molecule has 0 aliphatic carbocycles. The number of hydroxylamine groups is 1. The van der Waals surface area contributed by atoms with Crippen LogP contribution >= 0.6 is 11.6 Å². The Kier molecular flexibility index (Phi) is 4.34. The molecule has 0 saturated carbocycles. The quantitative estimate of drug-likeness (QED) is 0.845. The smallest absolute Gasteiger partial charge is 0.250 e. The molecule has 0 bridgehead atoms. The molecular formula is C17H16ClN3O2. The second kappa shape index (κ2) is 6.42. The molecule has 1 aliphatic heterocycles. The molecule has 0 radical (unpaired) electrons. The number of para-hydroxylation sites is 1. The van der Waals surface area contributed by atoms with E-state index in [1.165, 1.54) is 0 Å². The molecule has 1 unspecified atom stereocenters. The van der Waals surface area contributed by atoms with Crippen LogP contribution in [0.3, 0.4) is 0 Å². The zero-order valence-corrected chi connectivity index (χ0v) is 13.2. The third kappa shape index (κ3) is 2.94. The average molecular weight is 330 g/mol. The van der Waals surface area contributed by atoms with E-state index in [4.69, 9.17) is 22.2 Å². The van der Waals surface area contributed by atoms with E-state index in [2.05, 4.69) is 5.48 Å². The Labute approximate surface area is 139 Å². The summed E-state index contributed by atoms with van der Waals surface area (Å²) in [5.41, 5.74) is 11.5. The number of anilines is 2. The van der Waals surface area contributed by atoms with Gasteiger partial charge in [-0.3, -0.25) is 4.79 Å². The first-order valence-corrected chi connectivity index (χ1v) is 7.44. The lowest BCUT2D eigenvalue weighted by Gasteiger charge is -2.31. The van der Waals surface area contributed by atoms with Crippen LogP contribution in [0.1, 0.15) is 22.0 Å². The summed E-state index contributed by atoms with van der Waals surface area (Å²) in [6, 6.07) is 13.1. The standard InChI is InChI=1S/C17H16ClN3O2/c1-23-20-15-8-9-21(16-5-3-2-4-12(15)16)11-6-7-14(18)13(10-11)17(19)22/h2-10,15,20H,1H3,(H2,19,22). The molecule has 0 fully saturated rings. The Bertz CT molecular complexity index is 776. The SMILES string of the molecule is CONC1C=CN(c2ccc(Cl)c(C(N)=O)c2)c2ccccc21. The maximum absolute atomic E-state index is 11.5. The number of amides is 1. The van der Waals surface area contributed by atoms with E-state index in [0.717, 1.165) is 16.9 Å². The van der Waals surface area contributed by atoms with Crippen LogP contribution in [0.15, 0.2) is 54.7 Å². The van der Waals surface area contributed by atoms with E-state index in [-0.39, 0.29) is 6.04 Å². The molecule has 2 aromatic carbocycles. The summed E-state index contributed by atoms with van der Waals surface area (Å²) in [6.07, 6.45) is 3.90. The van der Waals surface area contributed by atoms with Gasteiger partial charge < -0.3 is 15.5 Å². The number of nitrogens with zero attached hydrogens (tertiary/aromatic N) is 1. The first-order valence-electron chi connectivity index (χ1n) is 7.06. The normalized spacial score (nSPS) is 16.3. The molecule has 0 spiro atoms. The van der Waals surface area contributed by atoms with Crippen molar-refractivity contribution < 1.29 is 9.63 Å². The van der Waals surface area contributed by atoms with Crippen molar-refractivity contribution in [2.75, 3.05) is 12.0 Å². The van der Waals surface area contributed by atoms with Crippen LogP contribution in [0, 0.1) is 0 Å². The molecule has 0 aromatic heterocycles. The lowest BCUT2D eigenvalue weighted by Crippen LogP contribution is -2.25. The van der Waals surface area contributed by atoms with E-state index >= 15 is 0 Å². The Balaban J connectivity index is 2.06. The third-order valence-corrected chi connectivity index (χ3v) is 4.03. The average Bonchev–Trinajstić information content (AvgIpc) is 2.56. The van der Waals surface area contributed by atoms with Crippen molar-refractivity contribution in [1.82, 2.24) is 5.48 Å². The number of hydrogen-bond acceptors (Lipinski definition) is 4. The Hall–Kier alpha value is -2.34. The molecule has 1 aliphatic rings. The molecule has 5 nitrogen and oxygen atoms in total. The number of halogens is 1. The summed E-state index contributed by atoms with van der Waals surface area (Å²) in [6.45, 7) is 0. The molecule has 1 atom stereocenters. The van der Waals surface area contributed by atoms with E-state index in [0.29, 0.717) is 10.6 Å². The first kappa shape index (κ1) is 15.6. The number of fused-ring (bicyclic) bond motifs is 1. The number of rotatable bonds is 4. The second-order valence-corrected chi connectivity index (χ2v) is 5.51. The number of carbonyl (C=O) groups is 1. The summed E-state index contributed by atoms with van der Waals surface area (Å²) in [4.78, 5) is 18.5. The summed E-state index contributed by atoms with van der Waals surface area (Å²) in [7, 11) is 1.58. The molecule has 1 heterocycles. The van der Waals surface area contributed by atoms with Crippen LogP contribution in [0.4, 0.5) is 11.4 Å². The minimum Gasteiger partial charge on any atom is -0.366 e. The lowest BCUT2D eigenvalue weighted by atomic mass is 10.0. The van der Waals surface area contributed by atoms with E-state index in [1.54, 1.807) is 19.2 Å². The molecule has 3 rings (SSSR count). The van der Waals surface area contributed by atoms with Gasteiger partial charge in [0.05, 0.1) is 29.4 Å². The third-order valence-electron chi connectivity index (χ3n) is 3.70. The van der Waals surface area contributed by atoms with Gasteiger partial charge in [0.2, 0.25) is 5.91 Å². The fourth-order valence-electron chi connectivity index (χ4n) is 2.63. The summed E-state index contributed by atoms with van der Waals surface area (Å²) in [5.74, 6) is -0.551.